The molecule has 6 heteroatoms. The van der Waals surface area contributed by atoms with Crippen LogP contribution >= 0.6 is 11.6 Å². The van der Waals surface area contributed by atoms with Crippen LogP contribution in [0.5, 0.6) is 0 Å². The Hall–Kier alpha value is -1.43. The van der Waals surface area contributed by atoms with E-state index in [2.05, 4.69) is 20.2 Å². The SMILES string of the molecule is CNCC1CCN(Cc2nc3ccc(Cl)cc3c(=O)[nH]2)CC1. The standard InChI is InChI=1S/C16H21ClN4O/c1-18-9-11-4-6-21(7-5-11)10-15-19-14-3-2-12(17)8-13(14)16(22)20-15/h2-3,8,11,18H,4-7,9-10H2,1H3,(H,19,20,22). The van der Waals surface area contributed by atoms with E-state index in [1.54, 1.807) is 18.2 Å². The highest BCUT2D eigenvalue weighted by molar-refractivity contribution is 6.31. The summed E-state index contributed by atoms with van der Waals surface area (Å²) in [5.41, 5.74) is 0.584. The Kier molecular flexibility index (Phi) is 4.76. The molecule has 0 unspecified atom stereocenters. The Morgan fingerprint density at radius 3 is 2.91 bits per heavy atom. The minimum Gasteiger partial charge on any atom is -0.319 e. The van der Waals surface area contributed by atoms with Crippen LogP contribution in [-0.4, -0.2) is 41.5 Å². The molecule has 0 radical (unpaired) electrons. The van der Waals surface area contributed by atoms with Crippen molar-refractivity contribution in [2.45, 2.75) is 19.4 Å². The van der Waals surface area contributed by atoms with Crippen molar-refractivity contribution in [1.29, 1.82) is 0 Å². The molecule has 0 atom stereocenters. The maximum Gasteiger partial charge on any atom is 0.258 e. The van der Waals surface area contributed by atoms with Crippen molar-refractivity contribution >= 4 is 22.5 Å². The van der Waals surface area contributed by atoms with Gasteiger partial charge in [0, 0.05) is 5.02 Å². The molecule has 1 fully saturated rings. The molecule has 22 heavy (non-hydrogen) atoms. The number of H-pyrrole nitrogens is 1. The average molecular weight is 321 g/mol. The lowest BCUT2D eigenvalue weighted by atomic mass is 9.97. The lowest BCUT2D eigenvalue weighted by Gasteiger charge is -2.31. The molecule has 0 spiro atoms. The summed E-state index contributed by atoms with van der Waals surface area (Å²) in [7, 11) is 2.00. The number of nitrogens with zero attached hydrogens (tertiary/aromatic N) is 2. The number of aromatic amines is 1. The predicted octanol–water partition coefficient (Wildman–Crippen LogP) is 2.01. The number of benzene rings is 1. The first kappa shape index (κ1) is 15.5. The monoisotopic (exact) mass is 320 g/mol. The summed E-state index contributed by atoms with van der Waals surface area (Å²) in [6, 6.07) is 5.23. The van der Waals surface area contributed by atoms with Crippen LogP contribution in [-0.2, 0) is 6.54 Å². The number of aromatic nitrogens is 2. The van der Waals surface area contributed by atoms with Gasteiger partial charge in [0.05, 0.1) is 17.4 Å². The van der Waals surface area contributed by atoms with E-state index in [0.717, 1.165) is 31.4 Å². The molecule has 0 bridgehead atoms. The Balaban J connectivity index is 1.72. The Morgan fingerprint density at radius 1 is 1.41 bits per heavy atom. The van der Waals surface area contributed by atoms with Gasteiger partial charge in [0.25, 0.3) is 5.56 Å². The van der Waals surface area contributed by atoms with Crippen LogP contribution in [0.3, 0.4) is 0 Å². The van der Waals surface area contributed by atoms with Crippen LogP contribution in [0, 0.1) is 5.92 Å². The molecule has 118 valence electrons. The number of piperidine rings is 1. The Labute approximate surface area is 134 Å². The Morgan fingerprint density at radius 2 is 2.18 bits per heavy atom. The molecule has 2 heterocycles. The van der Waals surface area contributed by atoms with Gasteiger partial charge >= 0.3 is 0 Å². The summed E-state index contributed by atoms with van der Waals surface area (Å²) in [4.78, 5) is 21.9. The molecule has 1 saturated heterocycles. The molecule has 2 aromatic rings. The number of rotatable bonds is 4. The van der Waals surface area contributed by atoms with Gasteiger partial charge in [-0.3, -0.25) is 9.69 Å². The first-order chi connectivity index (χ1) is 10.7. The molecule has 1 aliphatic rings. The third kappa shape index (κ3) is 3.48. The van der Waals surface area contributed by atoms with Crippen molar-refractivity contribution in [2.24, 2.45) is 5.92 Å². The fraction of sp³-hybridized carbons (Fsp3) is 0.500. The second kappa shape index (κ2) is 6.77. The minimum atomic E-state index is -0.118. The fourth-order valence-electron chi connectivity index (χ4n) is 3.08. The number of halogens is 1. The maximum atomic E-state index is 12.1. The van der Waals surface area contributed by atoms with Gasteiger partial charge in [-0.15, -0.1) is 0 Å². The number of hydrogen-bond acceptors (Lipinski definition) is 4. The third-order valence-corrected chi connectivity index (χ3v) is 4.52. The number of fused-ring (bicyclic) bond motifs is 1. The fourth-order valence-corrected chi connectivity index (χ4v) is 3.26. The second-order valence-corrected chi connectivity index (χ2v) is 6.39. The molecule has 0 aliphatic carbocycles. The van der Waals surface area contributed by atoms with Gasteiger partial charge in [0.2, 0.25) is 0 Å². The van der Waals surface area contributed by atoms with Gasteiger partial charge in [-0.25, -0.2) is 4.98 Å². The van der Waals surface area contributed by atoms with Gasteiger partial charge in [0.1, 0.15) is 5.82 Å². The molecule has 1 aromatic heterocycles. The smallest absolute Gasteiger partial charge is 0.258 e. The molecule has 0 amide bonds. The largest absolute Gasteiger partial charge is 0.319 e. The third-order valence-electron chi connectivity index (χ3n) is 4.29. The van der Waals surface area contributed by atoms with E-state index in [4.69, 9.17) is 11.6 Å². The number of nitrogens with one attached hydrogen (secondary N) is 2. The Bertz CT molecular complexity index is 707. The molecule has 0 saturated carbocycles. The van der Waals surface area contributed by atoms with Crippen LogP contribution < -0.4 is 10.9 Å². The highest BCUT2D eigenvalue weighted by atomic mass is 35.5. The highest BCUT2D eigenvalue weighted by Crippen LogP contribution is 2.18. The maximum absolute atomic E-state index is 12.1. The van der Waals surface area contributed by atoms with E-state index in [0.29, 0.717) is 22.5 Å². The van der Waals surface area contributed by atoms with Crippen molar-refractivity contribution < 1.29 is 0 Å². The van der Waals surface area contributed by atoms with Gasteiger partial charge in [-0.05, 0) is 63.6 Å². The second-order valence-electron chi connectivity index (χ2n) is 5.95. The topological polar surface area (TPSA) is 61.0 Å². The van der Waals surface area contributed by atoms with Gasteiger partial charge in [-0.1, -0.05) is 11.6 Å². The summed E-state index contributed by atoms with van der Waals surface area (Å²) in [6.07, 6.45) is 2.38. The summed E-state index contributed by atoms with van der Waals surface area (Å²) < 4.78 is 0. The van der Waals surface area contributed by atoms with Gasteiger partial charge in [-0.2, -0.15) is 0 Å². The zero-order valence-electron chi connectivity index (χ0n) is 12.7. The van der Waals surface area contributed by atoms with E-state index < -0.39 is 0 Å². The minimum absolute atomic E-state index is 0.118. The zero-order valence-corrected chi connectivity index (χ0v) is 13.5. The number of hydrogen-bond donors (Lipinski definition) is 2. The van der Waals surface area contributed by atoms with Crippen molar-refractivity contribution in [3.8, 4) is 0 Å². The molecule has 1 aliphatic heterocycles. The summed E-state index contributed by atoms with van der Waals surface area (Å²) in [5, 5.41) is 4.35. The first-order valence-electron chi connectivity index (χ1n) is 7.71. The van der Waals surface area contributed by atoms with Gasteiger partial charge < -0.3 is 10.3 Å². The lowest BCUT2D eigenvalue weighted by molar-refractivity contribution is 0.173. The van der Waals surface area contributed by atoms with Crippen LogP contribution in [0.15, 0.2) is 23.0 Å². The van der Waals surface area contributed by atoms with Crippen LogP contribution in [0.1, 0.15) is 18.7 Å². The highest BCUT2D eigenvalue weighted by Gasteiger charge is 2.19. The average Bonchev–Trinajstić information content (AvgIpc) is 2.50. The summed E-state index contributed by atoms with van der Waals surface area (Å²) >= 11 is 5.93. The molecular formula is C16H21ClN4O. The predicted molar refractivity (Wildman–Crippen MR) is 89.3 cm³/mol. The molecule has 5 nitrogen and oxygen atoms in total. The van der Waals surface area contributed by atoms with E-state index in [9.17, 15) is 4.79 Å². The van der Waals surface area contributed by atoms with E-state index >= 15 is 0 Å². The molecular weight excluding hydrogens is 300 g/mol. The van der Waals surface area contributed by atoms with Crippen LogP contribution in [0.4, 0.5) is 0 Å². The van der Waals surface area contributed by atoms with Crippen LogP contribution in [0.25, 0.3) is 10.9 Å². The first-order valence-corrected chi connectivity index (χ1v) is 8.09. The normalized spacial score (nSPS) is 17.2. The lowest BCUT2D eigenvalue weighted by Crippen LogP contribution is -2.37. The quantitative estimate of drug-likeness (QED) is 0.904. The van der Waals surface area contributed by atoms with E-state index in [1.165, 1.54) is 12.8 Å². The molecule has 3 rings (SSSR count). The summed E-state index contributed by atoms with van der Waals surface area (Å²) in [5.74, 6) is 1.49. The number of likely N-dealkylation sites (tertiary alicyclic amines) is 1. The zero-order chi connectivity index (χ0) is 15.5. The van der Waals surface area contributed by atoms with Crippen molar-refractivity contribution in [1.82, 2.24) is 20.2 Å². The van der Waals surface area contributed by atoms with Crippen molar-refractivity contribution in [2.75, 3.05) is 26.7 Å². The summed E-state index contributed by atoms with van der Waals surface area (Å²) in [6.45, 7) is 3.88. The van der Waals surface area contributed by atoms with Crippen molar-refractivity contribution in [3.63, 3.8) is 0 Å². The van der Waals surface area contributed by atoms with Crippen molar-refractivity contribution in [3.05, 3.63) is 39.4 Å². The molecule has 1 aromatic carbocycles. The van der Waals surface area contributed by atoms with E-state index in [1.807, 2.05) is 7.05 Å². The van der Waals surface area contributed by atoms with Crippen LogP contribution in [0.2, 0.25) is 5.02 Å². The van der Waals surface area contributed by atoms with E-state index in [-0.39, 0.29) is 5.56 Å². The molecule has 2 N–H and O–H groups in total. The van der Waals surface area contributed by atoms with Gasteiger partial charge in [0.15, 0.2) is 0 Å².